The summed E-state index contributed by atoms with van der Waals surface area (Å²) in [5, 5.41) is 3.41. The molecule has 29 heavy (non-hydrogen) atoms. The quantitative estimate of drug-likeness (QED) is 0.803. The van der Waals surface area contributed by atoms with Crippen LogP contribution in [-0.4, -0.2) is 80.4 Å². The van der Waals surface area contributed by atoms with E-state index in [1.807, 2.05) is 6.92 Å². The fourth-order valence-corrected chi connectivity index (χ4v) is 3.96. The minimum absolute atomic E-state index is 0.731. The van der Waals surface area contributed by atoms with Gasteiger partial charge in [-0.25, -0.2) is 4.98 Å². The highest BCUT2D eigenvalue weighted by Gasteiger charge is 2.19. The summed E-state index contributed by atoms with van der Waals surface area (Å²) in [6, 6.07) is 10.8. The molecule has 0 unspecified atom stereocenters. The number of benzene rings is 1. The second-order valence-corrected chi connectivity index (χ2v) is 7.89. The summed E-state index contributed by atoms with van der Waals surface area (Å²) in [5.74, 6) is 1.75. The number of aryl methyl sites for hydroxylation is 2. The molecule has 1 aromatic heterocycles. The van der Waals surface area contributed by atoms with E-state index in [9.17, 15) is 0 Å². The van der Waals surface area contributed by atoms with Crippen LogP contribution in [0.2, 0.25) is 0 Å². The van der Waals surface area contributed by atoms with Gasteiger partial charge in [0.2, 0.25) is 5.95 Å². The van der Waals surface area contributed by atoms with Crippen LogP contribution in [0.1, 0.15) is 11.3 Å². The highest BCUT2D eigenvalue weighted by molar-refractivity contribution is 5.52. The van der Waals surface area contributed by atoms with Crippen molar-refractivity contribution in [3.8, 4) is 0 Å². The summed E-state index contributed by atoms with van der Waals surface area (Å²) in [6.07, 6.45) is 0. The predicted octanol–water partition coefficient (Wildman–Crippen LogP) is 2.16. The average Bonchev–Trinajstić information content (AvgIpc) is 2.74. The molecule has 0 atom stereocenters. The molecule has 0 spiro atoms. The Balaban J connectivity index is 1.33. The lowest BCUT2D eigenvalue weighted by atomic mass is 10.2. The van der Waals surface area contributed by atoms with Gasteiger partial charge in [0.05, 0.1) is 13.2 Å². The van der Waals surface area contributed by atoms with Gasteiger partial charge in [-0.3, -0.25) is 4.90 Å². The lowest BCUT2D eigenvalue weighted by molar-refractivity contribution is 0.0398. The Morgan fingerprint density at radius 1 is 0.931 bits per heavy atom. The minimum Gasteiger partial charge on any atom is -0.379 e. The Morgan fingerprint density at radius 3 is 2.45 bits per heavy atom. The zero-order valence-electron chi connectivity index (χ0n) is 17.6. The number of ether oxygens (including phenoxy) is 1. The van der Waals surface area contributed by atoms with Gasteiger partial charge in [-0.15, -0.1) is 0 Å². The number of rotatable bonds is 6. The van der Waals surface area contributed by atoms with Crippen LogP contribution >= 0.6 is 0 Å². The topological polar surface area (TPSA) is 56.8 Å². The van der Waals surface area contributed by atoms with Crippen LogP contribution in [0.3, 0.4) is 0 Å². The van der Waals surface area contributed by atoms with Crippen molar-refractivity contribution in [3.63, 3.8) is 0 Å². The standard InChI is InChI=1S/C22H32N6O/c1-18-4-3-5-20(16-18)27-8-10-28(11-9-27)21-17-19(2)24-22(25-21)23-6-7-26-12-14-29-15-13-26/h3-5,16-17H,6-15H2,1-2H3,(H,23,24,25). The first-order valence-corrected chi connectivity index (χ1v) is 10.6. The number of hydrogen-bond donors (Lipinski definition) is 1. The molecule has 2 aromatic rings. The van der Waals surface area contributed by atoms with E-state index in [1.54, 1.807) is 0 Å². The lowest BCUT2D eigenvalue weighted by Crippen LogP contribution is -2.47. The third-order valence-electron chi connectivity index (χ3n) is 5.63. The van der Waals surface area contributed by atoms with Gasteiger partial charge in [-0.1, -0.05) is 12.1 Å². The zero-order chi connectivity index (χ0) is 20.1. The molecule has 4 rings (SSSR count). The van der Waals surface area contributed by atoms with Gasteiger partial charge in [0.15, 0.2) is 0 Å². The van der Waals surface area contributed by atoms with Gasteiger partial charge in [0, 0.05) is 69.8 Å². The number of anilines is 3. The molecule has 2 aliphatic heterocycles. The van der Waals surface area contributed by atoms with Crippen molar-refractivity contribution in [2.45, 2.75) is 13.8 Å². The van der Waals surface area contributed by atoms with Gasteiger partial charge < -0.3 is 19.9 Å². The second-order valence-electron chi connectivity index (χ2n) is 7.89. The van der Waals surface area contributed by atoms with E-state index in [4.69, 9.17) is 9.72 Å². The molecular weight excluding hydrogens is 364 g/mol. The monoisotopic (exact) mass is 396 g/mol. The molecule has 1 aromatic carbocycles. The molecule has 0 bridgehead atoms. The molecule has 7 nitrogen and oxygen atoms in total. The van der Waals surface area contributed by atoms with E-state index in [2.05, 4.69) is 62.3 Å². The molecule has 2 aliphatic rings. The van der Waals surface area contributed by atoms with Crippen molar-refractivity contribution in [2.75, 3.05) is 80.7 Å². The minimum atomic E-state index is 0.731. The maximum atomic E-state index is 5.41. The molecular formula is C22H32N6O. The third-order valence-corrected chi connectivity index (χ3v) is 5.63. The van der Waals surface area contributed by atoms with E-state index < -0.39 is 0 Å². The molecule has 3 heterocycles. The van der Waals surface area contributed by atoms with Crippen molar-refractivity contribution in [3.05, 3.63) is 41.6 Å². The maximum absolute atomic E-state index is 5.41. The van der Waals surface area contributed by atoms with E-state index in [-0.39, 0.29) is 0 Å². The van der Waals surface area contributed by atoms with E-state index in [0.717, 1.165) is 83.0 Å². The predicted molar refractivity (Wildman–Crippen MR) is 118 cm³/mol. The molecule has 2 saturated heterocycles. The first kappa shape index (κ1) is 19.9. The summed E-state index contributed by atoms with van der Waals surface area (Å²) >= 11 is 0. The number of nitrogens with one attached hydrogen (secondary N) is 1. The Kier molecular flexibility index (Phi) is 6.46. The zero-order valence-corrected chi connectivity index (χ0v) is 17.6. The average molecular weight is 397 g/mol. The lowest BCUT2D eigenvalue weighted by Gasteiger charge is -2.37. The molecule has 1 N–H and O–H groups in total. The first-order valence-electron chi connectivity index (χ1n) is 10.6. The number of aromatic nitrogens is 2. The van der Waals surface area contributed by atoms with Gasteiger partial charge in [-0.05, 0) is 31.5 Å². The number of morpholine rings is 1. The van der Waals surface area contributed by atoms with Crippen LogP contribution in [0.25, 0.3) is 0 Å². The highest BCUT2D eigenvalue weighted by Crippen LogP contribution is 2.21. The fraction of sp³-hybridized carbons (Fsp3) is 0.545. The fourth-order valence-electron chi connectivity index (χ4n) is 3.96. The van der Waals surface area contributed by atoms with E-state index in [1.165, 1.54) is 11.3 Å². The van der Waals surface area contributed by atoms with Gasteiger partial charge in [0.1, 0.15) is 5.82 Å². The molecule has 2 fully saturated rings. The Hall–Kier alpha value is -2.38. The Morgan fingerprint density at radius 2 is 1.69 bits per heavy atom. The van der Waals surface area contributed by atoms with Gasteiger partial charge in [0.25, 0.3) is 0 Å². The largest absolute Gasteiger partial charge is 0.379 e. The third kappa shape index (κ3) is 5.36. The van der Waals surface area contributed by atoms with E-state index in [0.29, 0.717) is 0 Å². The van der Waals surface area contributed by atoms with Gasteiger partial charge in [-0.2, -0.15) is 4.98 Å². The van der Waals surface area contributed by atoms with Crippen LogP contribution in [0.4, 0.5) is 17.5 Å². The van der Waals surface area contributed by atoms with Crippen LogP contribution < -0.4 is 15.1 Å². The molecule has 0 amide bonds. The number of piperazine rings is 1. The van der Waals surface area contributed by atoms with E-state index >= 15 is 0 Å². The normalized spacial score (nSPS) is 18.1. The van der Waals surface area contributed by atoms with Crippen molar-refractivity contribution in [1.29, 1.82) is 0 Å². The maximum Gasteiger partial charge on any atom is 0.224 e. The van der Waals surface area contributed by atoms with Crippen LogP contribution in [-0.2, 0) is 4.74 Å². The Bertz CT molecular complexity index is 800. The van der Waals surface area contributed by atoms with Gasteiger partial charge >= 0.3 is 0 Å². The van der Waals surface area contributed by atoms with Crippen molar-refractivity contribution < 1.29 is 4.74 Å². The molecule has 0 radical (unpaired) electrons. The summed E-state index contributed by atoms with van der Waals surface area (Å²) in [6.45, 7) is 13.7. The molecule has 0 aliphatic carbocycles. The number of hydrogen-bond acceptors (Lipinski definition) is 7. The van der Waals surface area contributed by atoms with Crippen molar-refractivity contribution in [1.82, 2.24) is 14.9 Å². The Labute approximate surface area is 173 Å². The molecule has 156 valence electrons. The van der Waals surface area contributed by atoms with Crippen LogP contribution in [0, 0.1) is 13.8 Å². The van der Waals surface area contributed by atoms with Crippen molar-refractivity contribution >= 4 is 17.5 Å². The SMILES string of the molecule is Cc1cccc(N2CCN(c3cc(C)nc(NCCN4CCOCC4)n3)CC2)c1. The second kappa shape index (κ2) is 9.41. The van der Waals surface area contributed by atoms with Crippen LogP contribution in [0.5, 0.6) is 0 Å². The highest BCUT2D eigenvalue weighted by atomic mass is 16.5. The molecule has 7 heteroatoms. The summed E-state index contributed by atoms with van der Waals surface area (Å²) in [7, 11) is 0. The summed E-state index contributed by atoms with van der Waals surface area (Å²) < 4.78 is 5.41. The summed E-state index contributed by atoms with van der Waals surface area (Å²) in [4.78, 5) is 16.6. The van der Waals surface area contributed by atoms with Crippen LogP contribution in [0.15, 0.2) is 30.3 Å². The summed E-state index contributed by atoms with van der Waals surface area (Å²) in [5.41, 5.74) is 3.63. The first-order chi connectivity index (χ1) is 14.2. The smallest absolute Gasteiger partial charge is 0.224 e. The molecule has 0 saturated carbocycles. The number of nitrogens with zero attached hydrogens (tertiary/aromatic N) is 5. The van der Waals surface area contributed by atoms with Crippen molar-refractivity contribution in [2.24, 2.45) is 0 Å².